The molecular formula is C9H11ClN2O. The van der Waals surface area contributed by atoms with E-state index in [-0.39, 0.29) is 0 Å². The van der Waals surface area contributed by atoms with Gasteiger partial charge in [-0.3, -0.25) is 4.79 Å². The Hall–Kier alpha value is -1.06. The molecule has 0 heterocycles. The Kier molecular flexibility index (Phi) is 3.73. The lowest BCUT2D eigenvalue weighted by molar-refractivity contribution is -0.107. The number of halogens is 1. The average molecular weight is 199 g/mol. The fourth-order valence-corrected chi connectivity index (χ4v) is 1.22. The Bertz CT molecular complexity index is 291. The van der Waals surface area contributed by atoms with E-state index >= 15 is 0 Å². The SMILES string of the molecule is NCCN(C=O)c1cccc(Cl)c1. The molecule has 70 valence electrons. The molecule has 0 aliphatic rings. The van der Waals surface area contributed by atoms with Crippen LogP contribution >= 0.6 is 11.6 Å². The van der Waals surface area contributed by atoms with Crippen molar-refractivity contribution >= 4 is 23.7 Å². The van der Waals surface area contributed by atoms with Crippen molar-refractivity contribution in [3.63, 3.8) is 0 Å². The lowest BCUT2D eigenvalue weighted by Gasteiger charge is -2.15. The van der Waals surface area contributed by atoms with Crippen molar-refractivity contribution in [3.05, 3.63) is 29.3 Å². The summed E-state index contributed by atoms with van der Waals surface area (Å²) in [7, 11) is 0. The van der Waals surface area contributed by atoms with Crippen LogP contribution in [0.25, 0.3) is 0 Å². The predicted molar refractivity (Wildman–Crippen MR) is 53.9 cm³/mol. The number of hydrogen-bond acceptors (Lipinski definition) is 2. The zero-order chi connectivity index (χ0) is 9.68. The highest BCUT2D eigenvalue weighted by Gasteiger charge is 2.03. The molecule has 4 heteroatoms. The van der Waals surface area contributed by atoms with Gasteiger partial charge < -0.3 is 10.6 Å². The Morgan fingerprint density at radius 3 is 2.85 bits per heavy atom. The molecule has 0 unspecified atom stereocenters. The highest BCUT2D eigenvalue weighted by Crippen LogP contribution is 2.17. The van der Waals surface area contributed by atoms with Crippen molar-refractivity contribution in [2.24, 2.45) is 5.73 Å². The number of carbonyl (C=O) groups is 1. The lowest BCUT2D eigenvalue weighted by Crippen LogP contribution is -2.27. The summed E-state index contributed by atoms with van der Waals surface area (Å²) >= 11 is 5.77. The Morgan fingerprint density at radius 1 is 1.54 bits per heavy atom. The molecule has 0 fully saturated rings. The number of nitrogens with two attached hydrogens (primary N) is 1. The van der Waals surface area contributed by atoms with Crippen molar-refractivity contribution in [3.8, 4) is 0 Å². The van der Waals surface area contributed by atoms with E-state index < -0.39 is 0 Å². The van der Waals surface area contributed by atoms with E-state index in [9.17, 15) is 4.79 Å². The topological polar surface area (TPSA) is 46.3 Å². The van der Waals surface area contributed by atoms with Gasteiger partial charge in [-0.05, 0) is 18.2 Å². The van der Waals surface area contributed by atoms with Gasteiger partial charge in [-0.15, -0.1) is 0 Å². The fourth-order valence-electron chi connectivity index (χ4n) is 1.04. The second-order valence-electron chi connectivity index (χ2n) is 2.57. The molecule has 0 aliphatic heterocycles. The first-order valence-corrected chi connectivity index (χ1v) is 4.33. The van der Waals surface area contributed by atoms with Crippen molar-refractivity contribution in [2.75, 3.05) is 18.0 Å². The van der Waals surface area contributed by atoms with Crippen LogP contribution in [-0.2, 0) is 4.79 Å². The predicted octanol–water partition coefficient (Wildman–Crippen LogP) is 1.26. The molecule has 0 aromatic heterocycles. The quantitative estimate of drug-likeness (QED) is 0.741. The third-order valence-electron chi connectivity index (χ3n) is 1.64. The molecule has 0 atom stereocenters. The molecule has 0 spiro atoms. The van der Waals surface area contributed by atoms with Gasteiger partial charge in [-0.25, -0.2) is 0 Å². The summed E-state index contributed by atoms with van der Waals surface area (Å²) < 4.78 is 0. The minimum Gasteiger partial charge on any atom is -0.329 e. The van der Waals surface area contributed by atoms with Crippen LogP contribution in [0.5, 0.6) is 0 Å². The van der Waals surface area contributed by atoms with Gasteiger partial charge in [-0.1, -0.05) is 17.7 Å². The van der Waals surface area contributed by atoms with Crippen LogP contribution in [0.1, 0.15) is 0 Å². The van der Waals surface area contributed by atoms with Gasteiger partial charge in [0.2, 0.25) is 6.41 Å². The van der Waals surface area contributed by atoms with E-state index in [0.717, 1.165) is 12.1 Å². The molecule has 1 amide bonds. The molecule has 13 heavy (non-hydrogen) atoms. The van der Waals surface area contributed by atoms with E-state index in [2.05, 4.69) is 0 Å². The van der Waals surface area contributed by atoms with Gasteiger partial charge in [0, 0.05) is 23.8 Å². The van der Waals surface area contributed by atoms with Crippen molar-refractivity contribution < 1.29 is 4.79 Å². The van der Waals surface area contributed by atoms with Gasteiger partial charge in [0.25, 0.3) is 0 Å². The summed E-state index contributed by atoms with van der Waals surface area (Å²) in [6.07, 6.45) is 0.749. The van der Waals surface area contributed by atoms with E-state index in [4.69, 9.17) is 17.3 Å². The van der Waals surface area contributed by atoms with Gasteiger partial charge in [-0.2, -0.15) is 0 Å². The molecule has 0 bridgehead atoms. The first-order chi connectivity index (χ1) is 6.27. The van der Waals surface area contributed by atoms with E-state index in [1.54, 1.807) is 18.2 Å². The zero-order valence-corrected chi connectivity index (χ0v) is 7.87. The molecule has 0 saturated heterocycles. The monoisotopic (exact) mass is 198 g/mol. The highest BCUT2D eigenvalue weighted by atomic mass is 35.5. The molecule has 1 rings (SSSR count). The minimum atomic E-state index is 0.436. The number of amides is 1. The van der Waals surface area contributed by atoms with E-state index in [0.29, 0.717) is 18.1 Å². The maximum Gasteiger partial charge on any atom is 0.214 e. The molecule has 2 N–H and O–H groups in total. The second kappa shape index (κ2) is 4.84. The van der Waals surface area contributed by atoms with E-state index in [1.165, 1.54) is 4.90 Å². The van der Waals surface area contributed by atoms with Crippen LogP contribution < -0.4 is 10.6 Å². The number of hydrogen-bond donors (Lipinski definition) is 1. The number of benzene rings is 1. The van der Waals surface area contributed by atoms with E-state index in [1.807, 2.05) is 6.07 Å². The van der Waals surface area contributed by atoms with Crippen molar-refractivity contribution in [1.29, 1.82) is 0 Å². The normalized spacial score (nSPS) is 9.69. The summed E-state index contributed by atoms with van der Waals surface area (Å²) in [4.78, 5) is 12.2. The largest absolute Gasteiger partial charge is 0.329 e. The second-order valence-corrected chi connectivity index (χ2v) is 3.00. The summed E-state index contributed by atoms with van der Waals surface area (Å²) in [5.41, 5.74) is 6.12. The van der Waals surface area contributed by atoms with Gasteiger partial charge >= 0.3 is 0 Å². The van der Waals surface area contributed by atoms with Gasteiger partial charge in [0.15, 0.2) is 0 Å². The lowest BCUT2D eigenvalue weighted by atomic mass is 10.3. The molecule has 0 saturated carbocycles. The highest BCUT2D eigenvalue weighted by molar-refractivity contribution is 6.30. The number of nitrogens with zero attached hydrogens (tertiary/aromatic N) is 1. The maximum atomic E-state index is 10.6. The smallest absolute Gasteiger partial charge is 0.214 e. The van der Waals surface area contributed by atoms with Crippen LogP contribution in [0.3, 0.4) is 0 Å². The molecular weight excluding hydrogens is 188 g/mol. The zero-order valence-electron chi connectivity index (χ0n) is 7.11. The number of anilines is 1. The van der Waals surface area contributed by atoms with Crippen LogP contribution in [0, 0.1) is 0 Å². The van der Waals surface area contributed by atoms with Crippen molar-refractivity contribution in [1.82, 2.24) is 0 Å². The van der Waals surface area contributed by atoms with Crippen molar-refractivity contribution in [2.45, 2.75) is 0 Å². The van der Waals surface area contributed by atoms with Crippen LogP contribution in [0.2, 0.25) is 5.02 Å². The van der Waals surface area contributed by atoms with Gasteiger partial charge in [0.05, 0.1) is 0 Å². The first kappa shape index (κ1) is 10.0. The first-order valence-electron chi connectivity index (χ1n) is 3.95. The van der Waals surface area contributed by atoms with Crippen LogP contribution in [-0.4, -0.2) is 19.5 Å². The maximum absolute atomic E-state index is 10.6. The average Bonchev–Trinajstić information content (AvgIpc) is 2.14. The molecule has 3 nitrogen and oxygen atoms in total. The Balaban J connectivity index is 2.84. The summed E-state index contributed by atoms with van der Waals surface area (Å²) in [6.45, 7) is 0.940. The minimum absolute atomic E-state index is 0.436. The van der Waals surface area contributed by atoms with Gasteiger partial charge in [0.1, 0.15) is 0 Å². The molecule has 1 aromatic carbocycles. The third kappa shape index (κ3) is 2.72. The third-order valence-corrected chi connectivity index (χ3v) is 1.87. The molecule has 0 radical (unpaired) electrons. The summed E-state index contributed by atoms with van der Waals surface area (Å²) in [6, 6.07) is 7.10. The molecule has 1 aromatic rings. The molecule has 0 aliphatic carbocycles. The standard InChI is InChI=1S/C9H11ClN2O/c10-8-2-1-3-9(6-8)12(7-13)5-4-11/h1-3,6-7H,4-5,11H2. The van der Waals surface area contributed by atoms with Crippen LogP contribution in [0.15, 0.2) is 24.3 Å². The Labute approximate surface area is 82.1 Å². The van der Waals surface area contributed by atoms with Crippen LogP contribution in [0.4, 0.5) is 5.69 Å². The number of carbonyl (C=O) groups excluding carboxylic acids is 1. The summed E-state index contributed by atoms with van der Waals surface area (Å²) in [5, 5.41) is 0.612. The number of rotatable bonds is 4. The summed E-state index contributed by atoms with van der Waals surface area (Å²) in [5.74, 6) is 0. The fraction of sp³-hybridized carbons (Fsp3) is 0.222. The Morgan fingerprint density at radius 2 is 2.31 bits per heavy atom.